The third kappa shape index (κ3) is 3.03. The van der Waals surface area contributed by atoms with Crippen LogP contribution >= 0.6 is 12.2 Å². The molecule has 0 bridgehead atoms. The highest BCUT2D eigenvalue weighted by molar-refractivity contribution is 7.71. The van der Waals surface area contributed by atoms with Crippen molar-refractivity contribution >= 4 is 17.9 Å². The summed E-state index contributed by atoms with van der Waals surface area (Å²) >= 11 is 5.13. The molecule has 1 heterocycles. The summed E-state index contributed by atoms with van der Waals surface area (Å²) in [6, 6.07) is 8.14. The van der Waals surface area contributed by atoms with E-state index in [4.69, 9.17) is 12.2 Å². The number of aromatic amines is 1. The van der Waals surface area contributed by atoms with E-state index in [0.717, 1.165) is 5.69 Å². The number of aromatic nitrogens is 2. The number of nitro groups is 1. The monoisotopic (exact) mass is 275 g/mol. The number of benzene rings is 1. The third-order valence-corrected chi connectivity index (χ3v) is 2.93. The number of nitro benzene ring substituents is 1. The molecule has 0 saturated carbocycles. The second kappa shape index (κ2) is 5.27. The molecular formula is C13H13N3O2S. The lowest BCUT2D eigenvalue weighted by molar-refractivity contribution is -0.384. The normalized spacial score (nSPS) is 10.7. The molecule has 2 aromatic rings. The van der Waals surface area contributed by atoms with Gasteiger partial charge in [-0.05, 0) is 12.0 Å². The lowest BCUT2D eigenvalue weighted by atomic mass is 10.1. The summed E-state index contributed by atoms with van der Waals surface area (Å²) in [5.41, 5.74) is 1.65. The lowest BCUT2D eigenvalue weighted by Gasteiger charge is -2.08. The Morgan fingerprint density at radius 3 is 2.74 bits per heavy atom. The van der Waals surface area contributed by atoms with Gasteiger partial charge in [0.15, 0.2) is 0 Å². The summed E-state index contributed by atoms with van der Waals surface area (Å²) in [4.78, 5) is 17.7. The van der Waals surface area contributed by atoms with Crippen molar-refractivity contribution in [2.75, 3.05) is 0 Å². The first-order valence-corrected chi connectivity index (χ1v) is 6.24. The van der Waals surface area contributed by atoms with Crippen LogP contribution in [-0.2, 0) is 0 Å². The van der Waals surface area contributed by atoms with Crippen LogP contribution in [0.5, 0.6) is 0 Å². The molecule has 0 atom stereocenters. The Kier molecular flexibility index (Phi) is 3.71. The Morgan fingerprint density at radius 2 is 2.11 bits per heavy atom. The second-order valence-corrected chi connectivity index (χ2v) is 4.90. The van der Waals surface area contributed by atoms with Crippen molar-refractivity contribution in [2.45, 2.75) is 19.8 Å². The van der Waals surface area contributed by atoms with Gasteiger partial charge in [-0.3, -0.25) is 10.1 Å². The molecule has 0 radical (unpaired) electrons. The fraction of sp³-hybridized carbons (Fsp3) is 0.231. The molecule has 1 aromatic carbocycles. The van der Waals surface area contributed by atoms with Crippen LogP contribution in [0.15, 0.2) is 30.3 Å². The van der Waals surface area contributed by atoms with E-state index in [9.17, 15) is 10.1 Å². The van der Waals surface area contributed by atoms with E-state index < -0.39 is 4.92 Å². The Hall–Kier alpha value is -2.08. The number of nitrogens with zero attached hydrogens (tertiary/aromatic N) is 2. The van der Waals surface area contributed by atoms with Crippen LogP contribution in [-0.4, -0.2) is 14.9 Å². The maximum atomic E-state index is 10.8. The van der Waals surface area contributed by atoms with Crippen LogP contribution in [0.4, 0.5) is 5.69 Å². The first-order chi connectivity index (χ1) is 8.97. The highest BCUT2D eigenvalue weighted by Crippen LogP contribution is 2.22. The van der Waals surface area contributed by atoms with Gasteiger partial charge in [0.2, 0.25) is 0 Å². The topological polar surface area (TPSA) is 71.8 Å². The smallest absolute Gasteiger partial charge is 0.270 e. The fourth-order valence-corrected chi connectivity index (χ4v) is 1.91. The van der Waals surface area contributed by atoms with Gasteiger partial charge in [0.25, 0.3) is 5.69 Å². The van der Waals surface area contributed by atoms with Crippen molar-refractivity contribution in [3.8, 4) is 11.4 Å². The van der Waals surface area contributed by atoms with E-state index in [1.165, 1.54) is 12.1 Å². The van der Waals surface area contributed by atoms with E-state index in [0.29, 0.717) is 16.0 Å². The van der Waals surface area contributed by atoms with Crippen molar-refractivity contribution < 1.29 is 4.92 Å². The number of H-pyrrole nitrogens is 1. The molecule has 2 rings (SSSR count). The molecule has 0 fully saturated rings. The summed E-state index contributed by atoms with van der Waals surface area (Å²) in [7, 11) is 0. The molecule has 0 unspecified atom stereocenters. The molecule has 0 aliphatic rings. The van der Waals surface area contributed by atoms with Gasteiger partial charge in [-0.2, -0.15) is 0 Å². The first-order valence-electron chi connectivity index (χ1n) is 5.83. The van der Waals surface area contributed by atoms with Crippen LogP contribution in [0, 0.1) is 14.8 Å². The van der Waals surface area contributed by atoms with E-state index >= 15 is 0 Å². The van der Waals surface area contributed by atoms with Crippen LogP contribution in [0.2, 0.25) is 0 Å². The van der Waals surface area contributed by atoms with Crippen molar-refractivity contribution in [1.82, 2.24) is 9.97 Å². The minimum Gasteiger partial charge on any atom is -0.343 e. The number of rotatable bonds is 3. The van der Waals surface area contributed by atoms with Crippen LogP contribution in [0.1, 0.15) is 25.5 Å². The van der Waals surface area contributed by atoms with Gasteiger partial charge < -0.3 is 4.98 Å². The molecule has 0 saturated heterocycles. The van der Waals surface area contributed by atoms with Gasteiger partial charge in [-0.1, -0.05) is 38.2 Å². The molecule has 0 aliphatic carbocycles. The Labute approximate surface area is 115 Å². The second-order valence-electron chi connectivity index (χ2n) is 4.49. The van der Waals surface area contributed by atoms with Crippen molar-refractivity contribution in [1.29, 1.82) is 0 Å². The van der Waals surface area contributed by atoms with Crippen molar-refractivity contribution in [3.63, 3.8) is 0 Å². The van der Waals surface area contributed by atoms with Gasteiger partial charge in [0.05, 0.1) is 4.92 Å². The molecule has 6 heteroatoms. The Morgan fingerprint density at radius 1 is 1.37 bits per heavy atom. The molecule has 19 heavy (non-hydrogen) atoms. The molecule has 1 N–H and O–H groups in total. The lowest BCUT2D eigenvalue weighted by Crippen LogP contribution is -1.98. The largest absolute Gasteiger partial charge is 0.343 e. The van der Waals surface area contributed by atoms with Gasteiger partial charge >= 0.3 is 0 Å². The molecule has 0 spiro atoms. The predicted octanol–water partition coefficient (Wildman–Crippen LogP) is 3.84. The quantitative estimate of drug-likeness (QED) is 0.525. The van der Waals surface area contributed by atoms with Crippen molar-refractivity contribution in [2.24, 2.45) is 0 Å². The van der Waals surface area contributed by atoms with Gasteiger partial charge in [0, 0.05) is 23.4 Å². The van der Waals surface area contributed by atoms with Gasteiger partial charge in [-0.15, -0.1) is 0 Å². The summed E-state index contributed by atoms with van der Waals surface area (Å²) in [5.74, 6) is 0.835. The summed E-state index contributed by atoms with van der Waals surface area (Å²) in [6.45, 7) is 4.08. The van der Waals surface area contributed by atoms with Crippen LogP contribution < -0.4 is 0 Å². The highest BCUT2D eigenvalue weighted by atomic mass is 32.1. The Balaban J connectivity index is 2.55. The molecule has 1 aromatic heterocycles. The van der Waals surface area contributed by atoms with Gasteiger partial charge in [-0.25, -0.2) is 4.98 Å². The van der Waals surface area contributed by atoms with Crippen molar-refractivity contribution in [3.05, 3.63) is 50.8 Å². The van der Waals surface area contributed by atoms with Crippen LogP contribution in [0.25, 0.3) is 11.4 Å². The highest BCUT2D eigenvalue weighted by Gasteiger charge is 2.10. The molecule has 0 aliphatic heterocycles. The average molecular weight is 275 g/mol. The van der Waals surface area contributed by atoms with E-state index in [-0.39, 0.29) is 11.6 Å². The predicted molar refractivity (Wildman–Crippen MR) is 75.6 cm³/mol. The molecule has 98 valence electrons. The summed E-state index contributed by atoms with van der Waals surface area (Å²) in [5, 5.41) is 10.8. The SMILES string of the molecule is CC(C)c1cc(=S)nc(-c2cccc([N+](=O)[O-])c2)[nH]1. The maximum Gasteiger partial charge on any atom is 0.270 e. The summed E-state index contributed by atoms with van der Waals surface area (Å²) < 4.78 is 0.476. The van der Waals surface area contributed by atoms with Crippen LogP contribution in [0.3, 0.4) is 0 Å². The number of hydrogen-bond acceptors (Lipinski definition) is 4. The zero-order valence-corrected chi connectivity index (χ0v) is 11.4. The number of hydrogen-bond donors (Lipinski definition) is 1. The number of non-ortho nitro benzene ring substituents is 1. The average Bonchev–Trinajstić information content (AvgIpc) is 2.38. The van der Waals surface area contributed by atoms with E-state index in [2.05, 4.69) is 9.97 Å². The zero-order chi connectivity index (χ0) is 14.0. The number of nitrogens with one attached hydrogen (secondary N) is 1. The fourth-order valence-electron chi connectivity index (χ4n) is 1.69. The Bertz CT molecular complexity index is 680. The van der Waals surface area contributed by atoms with E-state index in [1.807, 2.05) is 13.8 Å². The summed E-state index contributed by atoms with van der Waals surface area (Å²) in [6.07, 6.45) is 0. The third-order valence-electron chi connectivity index (χ3n) is 2.72. The zero-order valence-electron chi connectivity index (χ0n) is 10.6. The molecule has 0 amide bonds. The molecule has 5 nitrogen and oxygen atoms in total. The maximum absolute atomic E-state index is 10.8. The minimum absolute atomic E-state index is 0.0357. The van der Waals surface area contributed by atoms with Gasteiger partial charge in [0.1, 0.15) is 10.5 Å². The first kappa shape index (κ1) is 13.4. The standard InChI is InChI=1S/C13H13N3O2S/c1-8(2)11-7-12(19)15-13(14-11)9-4-3-5-10(6-9)16(17)18/h3-8H,1-2H3,(H,14,15,19). The molecular weight excluding hydrogens is 262 g/mol. The van der Waals surface area contributed by atoms with E-state index in [1.54, 1.807) is 18.2 Å². The minimum atomic E-state index is -0.426.